The molecule has 0 spiro atoms. The normalized spacial score (nSPS) is 21.2. The van der Waals surface area contributed by atoms with Gasteiger partial charge in [0.1, 0.15) is 0 Å². The van der Waals surface area contributed by atoms with Crippen molar-refractivity contribution in [2.75, 3.05) is 6.61 Å². The maximum atomic E-state index is 11.3. The number of carbonyl (C=O) groups excluding carboxylic acids is 1. The Balaban J connectivity index is 2.18. The first-order valence-electron chi connectivity index (χ1n) is 6.63. The van der Waals surface area contributed by atoms with E-state index in [9.17, 15) is 4.79 Å². The van der Waals surface area contributed by atoms with E-state index in [1.165, 1.54) is 0 Å². The average Bonchev–Trinajstić information content (AvgIpc) is 2.33. The van der Waals surface area contributed by atoms with E-state index >= 15 is 0 Å². The van der Waals surface area contributed by atoms with E-state index in [0.717, 1.165) is 5.46 Å². The fraction of sp³-hybridized carbons (Fsp3) is 0.533. The van der Waals surface area contributed by atoms with Crippen molar-refractivity contribution in [1.29, 1.82) is 0 Å². The minimum atomic E-state index is -0.357. The van der Waals surface area contributed by atoms with Crippen LogP contribution in [0.2, 0.25) is 0 Å². The smallest absolute Gasteiger partial charge is 0.407 e. The molecule has 0 aromatic heterocycles. The van der Waals surface area contributed by atoms with Gasteiger partial charge in [-0.15, -0.1) is 0 Å². The molecule has 4 heteroatoms. The summed E-state index contributed by atoms with van der Waals surface area (Å²) in [6, 6.07) is 7.43. The SMILES string of the molecule is CC(=O)c1ccc(B2OCC(C)(C)C(C)(C)O2)cc1. The lowest BCUT2D eigenvalue weighted by Crippen LogP contribution is -2.58. The Kier molecular flexibility index (Phi) is 3.58. The van der Waals surface area contributed by atoms with Gasteiger partial charge in [0.05, 0.1) is 5.60 Å². The van der Waals surface area contributed by atoms with Crippen LogP contribution < -0.4 is 5.46 Å². The Morgan fingerprint density at radius 3 is 2.21 bits per heavy atom. The van der Waals surface area contributed by atoms with Gasteiger partial charge in [-0.2, -0.15) is 0 Å². The molecule has 1 aromatic rings. The van der Waals surface area contributed by atoms with Gasteiger partial charge in [0, 0.05) is 17.6 Å². The molecule has 19 heavy (non-hydrogen) atoms. The van der Waals surface area contributed by atoms with Gasteiger partial charge in [0.15, 0.2) is 5.78 Å². The van der Waals surface area contributed by atoms with Gasteiger partial charge < -0.3 is 9.31 Å². The monoisotopic (exact) mass is 260 g/mol. The maximum Gasteiger partial charge on any atom is 0.494 e. The minimum absolute atomic E-state index is 0.0250. The zero-order chi connectivity index (χ0) is 14.3. The lowest BCUT2D eigenvalue weighted by atomic mass is 9.69. The third-order valence-corrected chi connectivity index (χ3v) is 4.22. The molecule has 0 N–H and O–H groups in total. The minimum Gasteiger partial charge on any atom is -0.407 e. The Morgan fingerprint density at radius 2 is 1.74 bits per heavy atom. The van der Waals surface area contributed by atoms with Crippen LogP contribution in [-0.2, 0) is 9.31 Å². The number of benzene rings is 1. The second kappa shape index (κ2) is 4.76. The van der Waals surface area contributed by atoms with E-state index in [-0.39, 0.29) is 23.9 Å². The third kappa shape index (κ3) is 2.75. The van der Waals surface area contributed by atoms with E-state index in [4.69, 9.17) is 9.31 Å². The first kappa shape index (κ1) is 14.3. The largest absolute Gasteiger partial charge is 0.494 e. The fourth-order valence-corrected chi connectivity index (χ4v) is 1.96. The second-order valence-corrected chi connectivity index (χ2v) is 6.33. The van der Waals surface area contributed by atoms with Gasteiger partial charge in [-0.3, -0.25) is 4.79 Å². The van der Waals surface area contributed by atoms with Crippen molar-refractivity contribution in [1.82, 2.24) is 0 Å². The first-order valence-corrected chi connectivity index (χ1v) is 6.63. The molecule has 1 heterocycles. The number of hydrogen-bond acceptors (Lipinski definition) is 3. The predicted octanol–water partition coefficient (Wildman–Crippen LogP) is 2.44. The highest BCUT2D eigenvalue weighted by molar-refractivity contribution is 6.61. The number of carbonyl (C=O) groups is 1. The Labute approximate surface area is 115 Å². The van der Waals surface area contributed by atoms with E-state index in [2.05, 4.69) is 27.7 Å². The van der Waals surface area contributed by atoms with Gasteiger partial charge in [0.2, 0.25) is 0 Å². The van der Waals surface area contributed by atoms with Crippen LogP contribution in [0.3, 0.4) is 0 Å². The molecule has 102 valence electrons. The maximum absolute atomic E-state index is 11.3. The van der Waals surface area contributed by atoms with Gasteiger partial charge in [0.25, 0.3) is 0 Å². The molecular formula is C15H21BO3. The van der Waals surface area contributed by atoms with E-state index in [1.54, 1.807) is 6.92 Å². The number of ketones is 1. The molecular weight excluding hydrogens is 239 g/mol. The Hall–Kier alpha value is -1.13. The van der Waals surface area contributed by atoms with Crippen LogP contribution in [0.1, 0.15) is 45.0 Å². The lowest BCUT2D eigenvalue weighted by molar-refractivity contribution is -0.0937. The summed E-state index contributed by atoms with van der Waals surface area (Å²) in [6.07, 6.45) is 0. The number of Topliss-reactive ketones (excluding diaryl/α,β-unsaturated/α-hetero) is 1. The molecule has 0 bridgehead atoms. The predicted molar refractivity (Wildman–Crippen MR) is 76.7 cm³/mol. The topological polar surface area (TPSA) is 35.5 Å². The highest BCUT2D eigenvalue weighted by atomic mass is 16.6. The molecule has 0 saturated carbocycles. The second-order valence-electron chi connectivity index (χ2n) is 6.33. The number of hydrogen-bond donors (Lipinski definition) is 0. The molecule has 0 atom stereocenters. The zero-order valence-corrected chi connectivity index (χ0v) is 12.3. The van der Waals surface area contributed by atoms with Crippen LogP contribution in [0, 0.1) is 5.41 Å². The molecule has 0 radical (unpaired) electrons. The zero-order valence-electron chi connectivity index (χ0n) is 12.3. The molecule has 2 rings (SSSR count). The summed E-state index contributed by atoms with van der Waals surface area (Å²) in [6.45, 7) is 10.7. The molecule has 0 unspecified atom stereocenters. The molecule has 1 aliphatic heterocycles. The highest BCUT2D eigenvalue weighted by Crippen LogP contribution is 2.37. The van der Waals surface area contributed by atoms with Gasteiger partial charge >= 0.3 is 7.12 Å². The number of rotatable bonds is 2. The van der Waals surface area contributed by atoms with Crippen molar-refractivity contribution in [3.05, 3.63) is 29.8 Å². The van der Waals surface area contributed by atoms with Crippen molar-refractivity contribution < 1.29 is 14.1 Å². The fourth-order valence-electron chi connectivity index (χ4n) is 1.96. The standard InChI is InChI=1S/C15H21BO3/c1-11(17)12-6-8-13(9-7-12)16-18-10-14(2,3)15(4,5)19-16/h6-9H,10H2,1-5H3. The Bertz CT molecular complexity index is 477. The summed E-state index contributed by atoms with van der Waals surface area (Å²) in [5.74, 6) is 0.0681. The van der Waals surface area contributed by atoms with E-state index in [1.807, 2.05) is 24.3 Å². The van der Waals surface area contributed by atoms with E-state index < -0.39 is 0 Å². The summed E-state index contributed by atoms with van der Waals surface area (Å²) in [5.41, 5.74) is 1.38. The van der Waals surface area contributed by atoms with Crippen LogP contribution in [0.15, 0.2) is 24.3 Å². The van der Waals surface area contributed by atoms with Crippen molar-refractivity contribution in [2.45, 2.75) is 40.2 Å². The van der Waals surface area contributed by atoms with Crippen LogP contribution in [0.4, 0.5) is 0 Å². The summed E-state index contributed by atoms with van der Waals surface area (Å²) in [7, 11) is -0.357. The van der Waals surface area contributed by atoms with Crippen LogP contribution in [0.5, 0.6) is 0 Å². The van der Waals surface area contributed by atoms with Gasteiger partial charge in [-0.05, 0) is 26.2 Å². The van der Waals surface area contributed by atoms with Crippen LogP contribution >= 0.6 is 0 Å². The molecule has 0 amide bonds. The molecule has 3 nitrogen and oxygen atoms in total. The summed E-state index contributed by atoms with van der Waals surface area (Å²) in [5, 5.41) is 0. The molecule has 0 aliphatic carbocycles. The van der Waals surface area contributed by atoms with Crippen LogP contribution in [-0.4, -0.2) is 25.1 Å². The van der Waals surface area contributed by atoms with Crippen molar-refractivity contribution in [3.8, 4) is 0 Å². The van der Waals surface area contributed by atoms with Crippen molar-refractivity contribution >= 4 is 18.4 Å². The first-order chi connectivity index (χ1) is 8.73. The third-order valence-electron chi connectivity index (χ3n) is 4.22. The quantitative estimate of drug-likeness (QED) is 0.605. The lowest BCUT2D eigenvalue weighted by Gasteiger charge is -2.47. The van der Waals surface area contributed by atoms with Crippen molar-refractivity contribution in [2.24, 2.45) is 5.41 Å². The average molecular weight is 260 g/mol. The van der Waals surface area contributed by atoms with Crippen LogP contribution in [0.25, 0.3) is 0 Å². The molecule has 1 fully saturated rings. The molecule has 1 aromatic carbocycles. The molecule has 1 saturated heterocycles. The molecule has 1 aliphatic rings. The van der Waals surface area contributed by atoms with Crippen molar-refractivity contribution in [3.63, 3.8) is 0 Å². The summed E-state index contributed by atoms with van der Waals surface area (Å²) >= 11 is 0. The van der Waals surface area contributed by atoms with E-state index in [0.29, 0.717) is 12.2 Å². The Morgan fingerprint density at radius 1 is 1.16 bits per heavy atom. The summed E-state index contributed by atoms with van der Waals surface area (Å²) in [4.78, 5) is 11.3. The highest BCUT2D eigenvalue weighted by Gasteiger charge is 2.46. The summed E-state index contributed by atoms with van der Waals surface area (Å²) < 4.78 is 11.9. The van der Waals surface area contributed by atoms with Gasteiger partial charge in [-0.25, -0.2) is 0 Å². The van der Waals surface area contributed by atoms with Gasteiger partial charge in [-0.1, -0.05) is 38.1 Å².